The molecule has 128 valence electrons. The van der Waals surface area contributed by atoms with Crippen molar-refractivity contribution in [1.29, 1.82) is 0 Å². The zero-order valence-corrected chi connectivity index (χ0v) is 15.2. The zero-order chi connectivity index (χ0) is 17.6. The van der Waals surface area contributed by atoms with Gasteiger partial charge in [0.2, 0.25) is 0 Å². The van der Waals surface area contributed by atoms with Crippen molar-refractivity contribution >= 4 is 17.3 Å². The molecule has 2 heterocycles. The van der Waals surface area contributed by atoms with Crippen molar-refractivity contribution in [1.82, 2.24) is 9.97 Å². The average Bonchev–Trinajstić information content (AvgIpc) is 3.09. The molecule has 0 atom stereocenters. The summed E-state index contributed by atoms with van der Waals surface area (Å²) in [6, 6.07) is 14.0. The number of pyridine rings is 1. The molecule has 0 aliphatic rings. The van der Waals surface area contributed by atoms with Crippen molar-refractivity contribution in [3.8, 4) is 10.6 Å². The van der Waals surface area contributed by atoms with Gasteiger partial charge in [-0.2, -0.15) is 0 Å². The monoisotopic (exact) mass is 352 g/mol. The van der Waals surface area contributed by atoms with Crippen molar-refractivity contribution in [3.63, 3.8) is 0 Å². The molecule has 2 aromatic heterocycles. The van der Waals surface area contributed by atoms with Crippen LogP contribution in [0.15, 0.2) is 47.8 Å². The first-order chi connectivity index (χ1) is 12.1. The summed E-state index contributed by atoms with van der Waals surface area (Å²) in [5, 5.41) is 2.58. The van der Waals surface area contributed by atoms with Crippen LogP contribution < -0.4 is 0 Å². The lowest BCUT2D eigenvalue weighted by Crippen LogP contribution is -2.08. The molecule has 0 N–H and O–H groups in total. The Balaban J connectivity index is 1.51. The molecule has 3 rings (SSSR count). The maximum absolute atomic E-state index is 12.1. The third-order valence-electron chi connectivity index (χ3n) is 3.77. The Labute approximate surface area is 151 Å². The third kappa shape index (κ3) is 4.73. The second-order valence-electron chi connectivity index (χ2n) is 5.91. The van der Waals surface area contributed by atoms with Crippen molar-refractivity contribution in [2.45, 2.75) is 26.7 Å². The first-order valence-electron chi connectivity index (χ1n) is 8.24. The molecule has 0 saturated carbocycles. The van der Waals surface area contributed by atoms with E-state index >= 15 is 0 Å². The summed E-state index contributed by atoms with van der Waals surface area (Å²) in [6.07, 6.45) is 1.54. The smallest absolute Gasteiger partial charge is 0.357 e. The number of hydrogen-bond acceptors (Lipinski definition) is 5. The number of rotatable bonds is 6. The second kappa shape index (κ2) is 8.03. The van der Waals surface area contributed by atoms with Crippen LogP contribution in [0.5, 0.6) is 0 Å². The van der Waals surface area contributed by atoms with Gasteiger partial charge in [-0.1, -0.05) is 35.9 Å². The highest BCUT2D eigenvalue weighted by Gasteiger charge is 2.13. The Morgan fingerprint density at radius 3 is 2.64 bits per heavy atom. The summed E-state index contributed by atoms with van der Waals surface area (Å²) in [7, 11) is 0. The van der Waals surface area contributed by atoms with E-state index in [-0.39, 0.29) is 5.97 Å². The van der Waals surface area contributed by atoms with E-state index in [2.05, 4.69) is 9.97 Å². The third-order valence-corrected chi connectivity index (χ3v) is 4.66. The summed E-state index contributed by atoms with van der Waals surface area (Å²) >= 11 is 1.45. The highest BCUT2D eigenvalue weighted by Crippen LogP contribution is 2.24. The number of carbonyl (C=O) groups excluding carboxylic acids is 1. The summed E-state index contributed by atoms with van der Waals surface area (Å²) in [6.45, 7) is 4.38. The van der Waals surface area contributed by atoms with Crippen molar-refractivity contribution in [2.75, 3.05) is 6.61 Å². The predicted octanol–water partition coefficient (Wildman–Crippen LogP) is 4.61. The Hall–Kier alpha value is -2.53. The molecule has 1 aromatic carbocycles. The van der Waals surface area contributed by atoms with E-state index in [9.17, 15) is 4.79 Å². The number of thiazole rings is 1. The van der Waals surface area contributed by atoms with Crippen molar-refractivity contribution in [3.05, 3.63) is 70.5 Å². The van der Waals surface area contributed by atoms with Gasteiger partial charge in [-0.15, -0.1) is 11.3 Å². The fraction of sp³-hybridized carbons (Fsp3) is 0.250. The van der Waals surface area contributed by atoms with Crippen molar-refractivity contribution in [2.24, 2.45) is 0 Å². The Kier molecular flexibility index (Phi) is 5.56. The highest BCUT2D eigenvalue weighted by molar-refractivity contribution is 7.13. The van der Waals surface area contributed by atoms with Crippen LogP contribution in [0, 0.1) is 13.8 Å². The molecule has 0 saturated heterocycles. The van der Waals surface area contributed by atoms with Crippen LogP contribution in [0.2, 0.25) is 0 Å². The molecule has 3 aromatic rings. The van der Waals surface area contributed by atoms with E-state index in [1.54, 1.807) is 5.38 Å². The van der Waals surface area contributed by atoms with Gasteiger partial charge in [0.15, 0.2) is 5.69 Å². The fourth-order valence-electron chi connectivity index (χ4n) is 2.43. The first-order valence-corrected chi connectivity index (χ1v) is 9.12. The van der Waals surface area contributed by atoms with Gasteiger partial charge in [0.1, 0.15) is 5.01 Å². The van der Waals surface area contributed by atoms with Crippen LogP contribution in [0.4, 0.5) is 0 Å². The maximum atomic E-state index is 12.1. The van der Waals surface area contributed by atoms with Gasteiger partial charge in [-0.25, -0.2) is 9.78 Å². The Bertz CT molecular complexity index is 856. The van der Waals surface area contributed by atoms with Gasteiger partial charge in [0, 0.05) is 22.3 Å². The number of carbonyl (C=O) groups is 1. The topological polar surface area (TPSA) is 52.1 Å². The number of nitrogens with zero attached hydrogens (tertiary/aromatic N) is 2. The molecule has 0 unspecified atom stereocenters. The minimum absolute atomic E-state index is 0.367. The molecule has 4 nitrogen and oxygen atoms in total. The van der Waals surface area contributed by atoms with E-state index < -0.39 is 0 Å². The first kappa shape index (κ1) is 17.3. The quantitative estimate of drug-likeness (QED) is 0.480. The Morgan fingerprint density at radius 2 is 1.88 bits per heavy atom. The van der Waals surface area contributed by atoms with Crippen LogP contribution >= 0.6 is 11.3 Å². The lowest BCUT2D eigenvalue weighted by atomic mass is 10.2. The molecule has 0 bridgehead atoms. The van der Waals surface area contributed by atoms with Crippen LogP contribution in [0.25, 0.3) is 10.6 Å². The molecule has 5 heteroatoms. The molecule has 0 fully saturated rings. The standard InChI is InChI=1S/C20H20N2O2S/c1-14-8-10-16(11-9-14)19-22-18(13-25-19)20(23)24-12-4-7-17-6-3-5-15(2)21-17/h3,5-6,8-11,13H,4,7,12H2,1-2H3. The largest absolute Gasteiger partial charge is 0.461 e. The van der Waals surface area contributed by atoms with E-state index in [0.717, 1.165) is 34.8 Å². The van der Waals surface area contributed by atoms with Gasteiger partial charge in [0.25, 0.3) is 0 Å². The van der Waals surface area contributed by atoms with Crippen LogP contribution in [0.3, 0.4) is 0 Å². The summed E-state index contributed by atoms with van der Waals surface area (Å²) in [4.78, 5) is 20.9. The number of ether oxygens (including phenoxy) is 1. The molecule has 0 radical (unpaired) electrons. The van der Waals surface area contributed by atoms with Crippen molar-refractivity contribution < 1.29 is 9.53 Å². The van der Waals surface area contributed by atoms with Gasteiger partial charge >= 0.3 is 5.97 Å². The van der Waals surface area contributed by atoms with E-state index in [1.165, 1.54) is 16.9 Å². The van der Waals surface area contributed by atoms with E-state index in [0.29, 0.717) is 12.3 Å². The molecule has 0 aliphatic carbocycles. The van der Waals surface area contributed by atoms with Gasteiger partial charge in [0.05, 0.1) is 6.61 Å². The van der Waals surface area contributed by atoms with E-state index in [1.807, 2.05) is 56.3 Å². The minimum Gasteiger partial charge on any atom is -0.461 e. The maximum Gasteiger partial charge on any atom is 0.357 e. The number of aryl methyl sites for hydroxylation is 3. The Morgan fingerprint density at radius 1 is 1.08 bits per heavy atom. The zero-order valence-electron chi connectivity index (χ0n) is 14.4. The lowest BCUT2D eigenvalue weighted by Gasteiger charge is -2.03. The average molecular weight is 352 g/mol. The van der Waals surface area contributed by atoms with Crippen LogP contribution in [-0.4, -0.2) is 22.5 Å². The predicted molar refractivity (Wildman–Crippen MR) is 99.9 cm³/mol. The summed E-state index contributed by atoms with van der Waals surface area (Å²) < 4.78 is 5.33. The van der Waals surface area contributed by atoms with E-state index in [4.69, 9.17) is 4.74 Å². The van der Waals surface area contributed by atoms with Gasteiger partial charge < -0.3 is 4.74 Å². The molecule has 0 aliphatic heterocycles. The normalized spacial score (nSPS) is 10.6. The summed E-state index contributed by atoms with van der Waals surface area (Å²) in [5.41, 5.74) is 4.60. The SMILES string of the molecule is Cc1ccc(-c2nc(C(=O)OCCCc3cccc(C)n3)cs2)cc1. The molecule has 0 amide bonds. The summed E-state index contributed by atoms with van der Waals surface area (Å²) in [5.74, 6) is -0.369. The fourth-order valence-corrected chi connectivity index (χ4v) is 3.22. The van der Waals surface area contributed by atoms with Gasteiger partial charge in [-0.3, -0.25) is 4.98 Å². The van der Waals surface area contributed by atoms with Crippen LogP contribution in [0.1, 0.15) is 33.9 Å². The number of benzene rings is 1. The molecular formula is C20H20N2O2S. The number of hydrogen-bond donors (Lipinski definition) is 0. The minimum atomic E-state index is -0.369. The van der Waals surface area contributed by atoms with Crippen LogP contribution in [-0.2, 0) is 11.2 Å². The second-order valence-corrected chi connectivity index (χ2v) is 6.77. The molecule has 0 spiro atoms. The number of aromatic nitrogens is 2. The van der Waals surface area contributed by atoms with Gasteiger partial charge in [-0.05, 0) is 38.8 Å². The molecular weight excluding hydrogens is 332 g/mol. The highest BCUT2D eigenvalue weighted by atomic mass is 32.1. The number of esters is 1. The molecule has 25 heavy (non-hydrogen) atoms. The lowest BCUT2D eigenvalue weighted by molar-refractivity contribution is 0.0494.